The van der Waals surface area contributed by atoms with Crippen LogP contribution in [0.1, 0.15) is 55.9 Å². The molecule has 1 saturated carbocycles. The first-order valence-corrected chi connectivity index (χ1v) is 9.55. The van der Waals surface area contributed by atoms with Gasteiger partial charge in [0.15, 0.2) is 0 Å². The van der Waals surface area contributed by atoms with Gasteiger partial charge in [-0.2, -0.15) is 0 Å². The second kappa shape index (κ2) is 6.98. The van der Waals surface area contributed by atoms with Gasteiger partial charge in [-0.15, -0.1) is 0 Å². The Labute approximate surface area is 152 Å². The van der Waals surface area contributed by atoms with Crippen molar-refractivity contribution in [1.82, 2.24) is 9.88 Å². The summed E-state index contributed by atoms with van der Waals surface area (Å²) in [6.45, 7) is 2.61. The average Bonchev–Trinajstić information content (AvgIpc) is 2.87. The molecule has 5 heteroatoms. The lowest BCUT2D eigenvalue weighted by Crippen LogP contribution is -2.35. The predicted molar refractivity (Wildman–Crippen MR) is 103 cm³/mol. The summed E-state index contributed by atoms with van der Waals surface area (Å²) in [6, 6.07) is 9.38. The zero-order chi connectivity index (χ0) is 18.1. The Bertz CT molecular complexity index is 1010. The van der Waals surface area contributed by atoms with Crippen molar-refractivity contribution in [2.24, 2.45) is 0 Å². The van der Waals surface area contributed by atoms with Crippen LogP contribution in [0.25, 0.3) is 21.9 Å². The number of rotatable bonds is 3. The summed E-state index contributed by atoms with van der Waals surface area (Å²) in [5, 5.41) is 4.51. The Kier molecular flexibility index (Phi) is 4.53. The molecule has 26 heavy (non-hydrogen) atoms. The largest absolute Gasteiger partial charge is 0.422 e. The standard InChI is InChI=1S/C21H24N2O3/c1-2-23-17(20(24)22-14-9-5-3-4-6-10-14)13-16-19(23)15-11-7-8-12-18(15)26-21(16)25/h7-8,11-14H,2-6,9-10H2,1H3,(H,22,24). The van der Waals surface area contributed by atoms with E-state index in [2.05, 4.69) is 5.32 Å². The monoisotopic (exact) mass is 352 g/mol. The minimum Gasteiger partial charge on any atom is -0.422 e. The Hall–Kier alpha value is -2.56. The molecule has 136 valence electrons. The summed E-state index contributed by atoms with van der Waals surface area (Å²) < 4.78 is 7.36. The van der Waals surface area contributed by atoms with E-state index in [1.54, 1.807) is 12.1 Å². The molecule has 0 aliphatic heterocycles. The Morgan fingerprint density at radius 3 is 2.62 bits per heavy atom. The van der Waals surface area contributed by atoms with Crippen LogP contribution in [0.4, 0.5) is 0 Å². The van der Waals surface area contributed by atoms with Gasteiger partial charge >= 0.3 is 5.63 Å². The van der Waals surface area contributed by atoms with Crippen LogP contribution in [0.15, 0.2) is 39.5 Å². The molecule has 1 aliphatic rings. The number of benzene rings is 1. The van der Waals surface area contributed by atoms with Crippen molar-refractivity contribution < 1.29 is 9.21 Å². The number of nitrogens with zero attached hydrogens (tertiary/aromatic N) is 1. The second-order valence-electron chi connectivity index (χ2n) is 7.08. The number of aryl methyl sites for hydroxylation is 1. The lowest BCUT2D eigenvalue weighted by Gasteiger charge is -2.17. The van der Waals surface area contributed by atoms with E-state index in [0.717, 1.165) is 36.6 Å². The molecule has 0 bridgehead atoms. The number of aromatic nitrogens is 1. The van der Waals surface area contributed by atoms with Gasteiger partial charge in [0.1, 0.15) is 11.3 Å². The predicted octanol–water partition coefficient (Wildman–Crippen LogP) is 4.22. The van der Waals surface area contributed by atoms with Crippen LogP contribution in [0, 0.1) is 0 Å². The molecule has 1 N–H and O–H groups in total. The summed E-state index contributed by atoms with van der Waals surface area (Å²) in [6.07, 6.45) is 6.88. The highest BCUT2D eigenvalue weighted by Crippen LogP contribution is 2.26. The summed E-state index contributed by atoms with van der Waals surface area (Å²) in [5.74, 6) is -0.0987. The van der Waals surface area contributed by atoms with Crippen molar-refractivity contribution >= 4 is 27.8 Å². The molecule has 0 atom stereocenters. The molecular formula is C21H24N2O3. The zero-order valence-corrected chi connectivity index (χ0v) is 15.1. The molecule has 3 aromatic rings. The van der Waals surface area contributed by atoms with E-state index in [1.807, 2.05) is 29.7 Å². The van der Waals surface area contributed by atoms with Crippen molar-refractivity contribution in [3.8, 4) is 0 Å². The minimum absolute atomic E-state index is 0.0987. The highest BCUT2D eigenvalue weighted by molar-refractivity contribution is 6.07. The SMILES string of the molecule is CCn1c(C(=O)NC2CCCCCC2)cc2c(=O)oc3ccccc3c21. The zero-order valence-electron chi connectivity index (χ0n) is 15.1. The molecule has 1 aromatic carbocycles. The summed E-state index contributed by atoms with van der Waals surface area (Å²) in [7, 11) is 0. The number of carbonyl (C=O) groups is 1. The number of hydrogen-bond donors (Lipinski definition) is 1. The highest BCUT2D eigenvalue weighted by atomic mass is 16.4. The van der Waals surface area contributed by atoms with Crippen LogP contribution in [0.2, 0.25) is 0 Å². The van der Waals surface area contributed by atoms with Crippen LogP contribution < -0.4 is 10.9 Å². The molecule has 1 amide bonds. The molecule has 0 spiro atoms. The molecule has 0 radical (unpaired) electrons. The van der Waals surface area contributed by atoms with E-state index in [9.17, 15) is 9.59 Å². The molecule has 2 heterocycles. The van der Waals surface area contributed by atoms with Gasteiger partial charge in [-0.05, 0) is 38.0 Å². The Morgan fingerprint density at radius 1 is 1.15 bits per heavy atom. The van der Waals surface area contributed by atoms with E-state index < -0.39 is 5.63 Å². The van der Waals surface area contributed by atoms with E-state index in [1.165, 1.54) is 12.8 Å². The normalized spacial score (nSPS) is 16.0. The van der Waals surface area contributed by atoms with Crippen molar-refractivity contribution in [3.63, 3.8) is 0 Å². The van der Waals surface area contributed by atoms with E-state index in [4.69, 9.17) is 4.42 Å². The summed E-state index contributed by atoms with van der Waals surface area (Å²) >= 11 is 0. The van der Waals surface area contributed by atoms with E-state index >= 15 is 0 Å². The fourth-order valence-corrected chi connectivity index (χ4v) is 4.10. The first-order chi connectivity index (χ1) is 12.7. The fourth-order valence-electron chi connectivity index (χ4n) is 4.10. The van der Waals surface area contributed by atoms with Crippen LogP contribution >= 0.6 is 0 Å². The molecule has 5 nitrogen and oxygen atoms in total. The third-order valence-electron chi connectivity index (χ3n) is 5.40. The first kappa shape index (κ1) is 16.9. The third-order valence-corrected chi connectivity index (χ3v) is 5.40. The molecule has 1 fully saturated rings. The van der Waals surface area contributed by atoms with Crippen LogP contribution in [0.5, 0.6) is 0 Å². The smallest absolute Gasteiger partial charge is 0.345 e. The number of fused-ring (bicyclic) bond motifs is 3. The maximum absolute atomic E-state index is 13.0. The third kappa shape index (κ3) is 2.91. The minimum atomic E-state index is -0.394. The van der Waals surface area contributed by atoms with Crippen molar-refractivity contribution in [1.29, 1.82) is 0 Å². The summed E-state index contributed by atoms with van der Waals surface area (Å²) in [5.41, 5.74) is 1.48. The van der Waals surface area contributed by atoms with Crippen LogP contribution in [0.3, 0.4) is 0 Å². The molecule has 4 rings (SSSR count). The second-order valence-corrected chi connectivity index (χ2v) is 7.08. The first-order valence-electron chi connectivity index (χ1n) is 9.55. The van der Waals surface area contributed by atoms with Gasteiger partial charge in [-0.3, -0.25) is 4.79 Å². The number of nitrogens with one attached hydrogen (secondary N) is 1. The quantitative estimate of drug-likeness (QED) is 0.567. The topological polar surface area (TPSA) is 64.2 Å². The Morgan fingerprint density at radius 2 is 1.88 bits per heavy atom. The van der Waals surface area contributed by atoms with E-state index in [-0.39, 0.29) is 11.9 Å². The highest BCUT2D eigenvalue weighted by Gasteiger charge is 2.22. The van der Waals surface area contributed by atoms with Crippen LogP contribution in [-0.4, -0.2) is 16.5 Å². The maximum atomic E-state index is 13.0. The lowest BCUT2D eigenvalue weighted by molar-refractivity contribution is 0.0924. The van der Waals surface area contributed by atoms with Gasteiger partial charge in [0.25, 0.3) is 5.91 Å². The van der Waals surface area contributed by atoms with Crippen molar-refractivity contribution in [2.45, 2.75) is 58.0 Å². The van der Waals surface area contributed by atoms with Gasteiger partial charge in [0.05, 0.1) is 10.9 Å². The summed E-state index contributed by atoms with van der Waals surface area (Å²) in [4.78, 5) is 25.4. The van der Waals surface area contributed by atoms with Gasteiger partial charge < -0.3 is 14.3 Å². The average molecular weight is 352 g/mol. The molecule has 1 aliphatic carbocycles. The van der Waals surface area contributed by atoms with Crippen LogP contribution in [-0.2, 0) is 6.54 Å². The van der Waals surface area contributed by atoms with E-state index in [0.29, 0.717) is 23.2 Å². The van der Waals surface area contributed by atoms with Gasteiger partial charge in [0, 0.05) is 18.0 Å². The van der Waals surface area contributed by atoms with Crippen molar-refractivity contribution in [2.75, 3.05) is 0 Å². The number of carbonyl (C=O) groups excluding carboxylic acids is 1. The number of amides is 1. The van der Waals surface area contributed by atoms with Gasteiger partial charge in [0.2, 0.25) is 0 Å². The molecular weight excluding hydrogens is 328 g/mol. The molecule has 0 saturated heterocycles. The molecule has 2 aromatic heterocycles. The Balaban J connectivity index is 1.80. The van der Waals surface area contributed by atoms with Gasteiger partial charge in [-0.1, -0.05) is 37.8 Å². The number of para-hydroxylation sites is 1. The molecule has 0 unspecified atom stereocenters. The van der Waals surface area contributed by atoms with Crippen molar-refractivity contribution in [3.05, 3.63) is 46.4 Å². The lowest BCUT2D eigenvalue weighted by atomic mass is 10.1. The maximum Gasteiger partial charge on any atom is 0.345 e. The fraction of sp³-hybridized carbons (Fsp3) is 0.429. The number of hydrogen-bond acceptors (Lipinski definition) is 3. The van der Waals surface area contributed by atoms with Gasteiger partial charge in [-0.25, -0.2) is 4.79 Å².